The van der Waals surface area contributed by atoms with Gasteiger partial charge in [-0.2, -0.15) is 5.26 Å². The van der Waals surface area contributed by atoms with Crippen molar-refractivity contribution in [2.75, 3.05) is 18.0 Å². The fourth-order valence-electron chi connectivity index (χ4n) is 3.28. The molecule has 5 nitrogen and oxygen atoms in total. The van der Waals surface area contributed by atoms with Gasteiger partial charge in [0.1, 0.15) is 5.60 Å². The second-order valence-electron chi connectivity index (χ2n) is 6.99. The molecule has 1 amide bonds. The lowest BCUT2D eigenvalue weighted by Crippen LogP contribution is -2.50. The Kier molecular flexibility index (Phi) is 3.48. The van der Waals surface area contributed by atoms with Gasteiger partial charge in [-0.3, -0.25) is 0 Å². The number of piperazine rings is 1. The van der Waals surface area contributed by atoms with E-state index in [4.69, 9.17) is 10.00 Å². The lowest BCUT2D eigenvalue weighted by atomic mass is 10.2. The minimum Gasteiger partial charge on any atom is -0.444 e. The van der Waals surface area contributed by atoms with Crippen LogP contribution in [-0.4, -0.2) is 41.8 Å². The molecule has 2 fully saturated rings. The van der Waals surface area contributed by atoms with Gasteiger partial charge in [-0.25, -0.2) is 4.79 Å². The number of likely N-dealkylation sites (tertiary alicyclic amines) is 1. The number of benzene rings is 1. The fourth-order valence-corrected chi connectivity index (χ4v) is 3.28. The largest absolute Gasteiger partial charge is 0.444 e. The van der Waals surface area contributed by atoms with Crippen LogP contribution in [-0.2, 0) is 4.74 Å². The summed E-state index contributed by atoms with van der Waals surface area (Å²) in [7, 11) is 0. The Hall–Kier alpha value is -2.22. The van der Waals surface area contributed by atoms with Gasteiger partial charge in [-0.15, -0.1) is 0 Å². The van der Waals surface area contributed by atoms with Gasteiger partial charge >= 0.3 is 6.09 Å². The first-order valence-corrected chi connectivity index (χ1v) is 7.64. The van der Waals surface area contributed by atoms with Crippen molar-refractivity contribution in [3.63, 3.8) is 0 Å². The molecule has 0 saturated carbocycles. The van der Waals surface area contributed by atoms with E-state index in [1.54, 1.807) is 0 Å². The summed E-state index contributed by atoms with van der Waals surface area (Å²) in [4.78, 5) is 16.4. The predicted molar refractivity (Wildman–Crippen MR) is 83.6 cm³/mol. The van der Waals surface area contributed by atoms with Crippen molar-refractivity contribution in [2.24, 2.45) is 0 Å². The molecule has 116 valence electrons. The first-order valence-electron chi connectivity index (χ1n) is 7.64. The average Bonchev–Trinajstić information content (AvgIpc) is 3.05. The molecule has 0 aliphatic carbocycles. The van der Waals surface area contributed by atoms with Crippen LogP contribution in [0.1, 0.15) is 32.8 Å². The quantitative estimate of drug-likeness (QED) is 0.800. The van der Waals surface area contributed by atoms with Crippen LogP contribution in [0.5, 0.6) is 0 Å². The highest BCUT2D eigenvalue weighted by Gasteiger charge is 2.46. The van der Waals surface area contributed by atoms with Gasteiger partial charge in [0.15, 0.2) is 0 Å². The highest BCUT2D eigenvalue weighted by atomic mass is 16.6. The minimum atomic E-state index is -0.459. The van der Waals surface area contributed by atoms with E-state index in [0.29, 0.717) is 18.2 Å². The number of rotatable bonds is 1. The van der Waals surface area contributed by atoms with E-state index < -0.39 is 5.60 Å². The average molecular weight is 299 g/mol. The Morgan fingerprint density at radius 2 is 2.09 bits per heavy atom. The van der Waals surface area contributed by atoms with Crippen LogP contribution in [0.4, 0.5) is 10.5 Å². The number of carbonyl (C=O) groups excluding carboxylic acids is 1. The van der Waals surface area contributed by atoms with E-state index in [1.807, 2.05) is 49.9 Å². The summed E-state index contributed by atoms with van der Waals surface area (Å²) in [6, 6.07) is 10.3. The number of fused-ring (bicyclic) bond motifs is 2. The second-order valence-corrected chi connectivity index (χ2v) is 6.99. The van der Waals surface area contributed by atoms with Crippen LogP contribution in [0.3, 0.4) is 0 Å². The second kappa shape index (κ2) is 5.20. The highest BCUT2D eigenvalue weighted by Crippen LogP contribution is 2.35. The number of nitrogens with zero attached hydrogens (tertiary/aromatic N) is 3. The Labute approximate surface area is 131 Å². The van der Waals surface area contributed by atoms with E-state index in [2.05, 4.69) is 11.0 Å². The molecule has 0 radical (unpaired) electrons. The van der Waals surface area contributed by atoms with Crippen LogP contribution in [0.2, 0.25) is 0 Å². The molecule has 2 atom stereocenters. The van der Waals surface area contributed by atoms with Gasteiger partial charge < -0.3 is 14.5 Å². The topological polar surface area (TPSA) is 56.6 Å². The summed E-state index contributed by atoms with van der Waals surface area (Å²) in [5.41, 5.74) is 1.28. The lowest BCUT2D eigenvalue weighted by Gasteiger charge is -2.36. The smallest absolute Gasteiger partial charge is 0.410 e. The summed E-state index contributed by atoms with van der Waals surface area (Å²) in [6.45, 7) is 7.16. The van der Waals surface area contributed by atoms with E-state index >= 15 is 0 Å². The maximum Gasteiger partial charge on any atom is 0.410 e. The molecule has 2 unspecified atom stereocenters. The monoisotopic (exact) mass is 299 g/mol. The minimum absolute atomic E-state index is 0.200. The van der Waals surface area contributed by atoms with E-state index in [0.717, 1.165) is 18.7 Å². The molecule has 1 aromatic rings. The SMILES string of the molecule is CC(C)(C)OC(=O)N1CC2CC1CN2c1cccc(C#N)c1. The number of hydrogen-bond donors (Lipinski definition) is 0. The van der Waals surface area contributed by atoms with Crippen LogP contribution in [0, 0.1) is 11.3 Å². The summed E-state index contributed by atoms with van der Waals surface area (Å²) >= 11 is 0. The Bertz CT molecular complexity index is 630. The Morgan fingerprint density at radius 3 is 2.68 bits per heavy atom. The third-order valence-corrected chi connectivity index (χ3v) is 4.18. The third-order valence-electron chi connectivity index (χ3n) is 4.18. The van der Waals surface area contributed by atoms with E-state index in [9.17, 15) is 4.79 Å². The lowest BCUT2D eigenvalue weighted by molar-refractivity contribution is 0.0215. The zero-order valence-electron chi connectivity index (χ0n) is 13.2. The molecule has 2 saturated heterocycles. The van der Waals surface area contributed by atoms with Crippen LogP contribution in [0.15, 0.2) is 24.3 Å². The third kappa shape index (κ3) is 2.74. The molecule has 0 spiro atoms. The van der Waals surface area contributed by atoms with Gasteiger partial charge in [0.25, 0.3) is 0 Å². The van der Waals surface area contributed by atoms with Crippen molar-refractivity contribution in [2.45, 2.75) is 44.9 Å². The normalized spacial score (nSPS) is 23.5. The van der Waals surface area contributed by atoms with Gasteiger partial charge in [-0.1, -0.05) is 6.07 Å². The van der Waals surface area contributed by atoms with E-state index in [-0.39, 0.29) is 12.1 Å². The highest BCUT2D eigenvalue weighted by molar-refractivity contribution is 5.70. The molecule has 2 aliphatic heterocycles. The summed E-state index contributed by atoms with van der Waals surface area (Å²) in [5.74, 6) is 0. The number of hydrogen-bond acceptors (Lipinski definition) is 4. The van der Waals surface area contributed by atoms with Gasteiger partial charge in [0.05, 0.1) is 17.7 Å². The summed E-state index contributed by atoms with van der Waals surface area (Å²) < 4.78 is 5.48. The number of anilines is 1. The molecule has 0 aromatic heterocycles. The number of carbonyl (C=O) groups is 1. The molecule has 3 rings (SSSR count). The molecule has 2 bridgehead atoms. The van der Waals surface area contributed by atoms with Crippen molar-refractivity contribution in [3.05, 3.63) is 29.8 Å². The Balaban J connectivity index is 1.69. The van der Waals surface area contributed by atoms with Crippen LogP contribution < -0.4 is 4.90 Å². The summed E-state index contributed by atoms with van der Waals surface area (Å²) in [5, 5.41) is 9.02. The molecule has 2 heterocycles. The molecule has 22 heavy (non-hydrogen) atoms. The molecular formula is C17H21N3O2. The van der Waals surface area contributed by atoms with Crippen molar-refractivity contribution in [1.82, 2.24) is 4.90 Å². The fraction of sp³-hybridized carbons (Fsp3) is 0.529. The first kappa shape index (κ1) is 14.7. The number of nitriles is 1. The zero-order valence-corrected chi connectivity index (χ0v) is 13.2. The van der Waals surface area contributed by atoms with Crippen molar-refractivity contribution in [1.29, 1.82) is 5.26 Å². The number of ether oxygens (including phenoxy) is 1. The number of amides is 1. The standard InChI is InChI=1S/C17H21N3O2/c1-17(2,3)22-16(21)20-11-14-8-15(20)10-19(14)13-6-4-5-12(7-13)9-18/h4-7,14-15H,8,10-11H2,1-3H3. The maximum atomic E-state index is 12.2. The molecular weight excluding hydrogens is 278 g/mol. The molecule has 1 aromatic carbocycles. The van der Waals surface area contributed by atoms with Crippen molar-refractivity contribution < 1.29 is 9.53 Å². The van der Waals surface area contributed by atoms with Gasteiger partial charge in [0.2, 0.25) is 0 Å². The zero-order chi connectivity index (χ0) is 15.9. The van der Waals surface area contributed by atoms with Crippen molar-refractivity contribution in [3.8, 4) is 6.07 Å². The summed E-state index contributed by atoms with van der Waals surface area (Å²) in [6.07, 6.45) is 0.751. The Morgan fingerprint density at radius 1 is 1.32 bits per heavy atom. The van der Waals surface area contributed by atoms with Crippen LogP contribution >= 0.6 is 0 Å². The first-order chi connectivity index (χ1) is 10.4. The van der Waals surface area contributed by atoms with Crippen molar-refractivity contribution >= 4 is 11.8 Å². The van der Waals surface area contributed by atoms with Gasteiger partial charge in [0, 0.05) is 24.8 Å². The maximum absolute atomic E-state index is 12.2. The predicted octanol–water partition coefficient (Wildman–Crippen LogP) is 2.76. The van der Waals surface area contributed by atoms with Crippen LogP contribution in [0.25, 0.3) is 0 Å². The molecule has 5 heteroatoms. The van der Waals surface area contributed by atoms with E-state index in [1.165, 1.54) is 0 Å². The molecule has 0 N–H and O–H groups in total. The molecule has 2 aliphatic rings. The van der Waals surface area contributed by atoms with Gasteiger partial charge in [-0.05, 0) is 45.4 Å².